The molecule has 0 aliphatic carbocycles. The van der Waals surface area contributed by atoms with Crippen molar-refractivity contribution in [1.29, 1.82) is 0 Å². The minimum Gasteiger partial charge on any atom is -0.352 e. The summed E-state index contributed by atoms with van der Waals surface area (Å²) in [7, 11) is 0. The van der Waals surface area contributed by atoms with Crippen LogP contribution in [0.1, 0.15) is 45.1 Å². The van der Waals surface area contributed by atoms with Crippen molar-refractivity contribution >= 4 is 11.8 Å². The first-order valence-electron chi connectivity index (χ1n) is 7.79. The molecule has 0 heterocycles. The van der Waals surface area contributed by atoms with Gasteiger partial charge in [-0.3, -0.25) is 9.59 Å². The third kappa shape index (κ3) is 7.20. The Bertz CT molecular complexity index is 474. The Labute approximate surface area is 131 Å². The molecule has 0 aliphatic rings. The monoisotopic (exact) mass is 308 g/mol. The molecule has 22 heavy (non-hydrogen) atoms. The van der Waals surface area contributed by atoms with Crippen molar-refractivity contribution in [2.45, 2.75) is 46.1 Å². The smallest absolute Gasteiger partial charge is 0.222 e. The lowest BCUT2D eigenvalue weighted by atomic mass is 10.2. The van der Waals surface area contributed by atoms with E-state index >= 15 is 0 Å². The molecule has 0 aromatic heterocycles. The largest absolute Gasteiger partial charge is 0.352 e. The van der Waals surface area contributed by atoms with Gasteiger partial charge in [0.25, 0.3) is 0 Å². The molecular weight excluding hydrogens is 283 g/mol. The summed E-state index contributed by atoms with van der Waals surface area (Å²) in [5, 5.41) is 2.78. The van der Waals surface area contributed by atoms with Crippen LogP contribution in [0.5, 0.6) is 0 Å². The molecule has 1 N–H and O–H groups in total. The van der Waals surface area contributed by atoms with Gasteiger partial charge in [0.2, 0.25) is 11.8 Å². The Kier molecular flexibility index (Phi) is 8.18. The van der Waals surface area contributed by atoms with Crippen LogP contribution in [-0.4, -0.2) is 29.8 Å². The third-order valence-corrected chi connectivity index (χ3v) is 3.49. The number of carbonyl (C=O) groups is 2. The summed E-state index contributed by atoms with van der Waals surface area (Å²) in [4.78, 5) is 25.1. The fourth-order valence-corrected chi connectivity index (χ4v) is 2.11. The molecular formula is C17H25FN2O2. The van der Waals surface area contributed by atoms with E-state index in [1.807, 2.05) is 0 Å². The van der Waals surface area contributed by atoms with E-state index in [4.69, 9.17) is 0 Å². The van der Waals surface area contributed by atoms with Gasteiger partial charge in [0.1, 0.15) is 5.82 Å². The Hall–Kier alpha value is -1.91. The van der Waals surface area contributed by atoms with Crippen molar-refractivity contribution in [3.8, 4) is 0 Å². The molecule has 0 fully saturated rings. The number of nitrogens with one attached hydrogen (secondary N) is 1. The van der Waals surface area contributed by atoms with Crippen LogP contribution in [0.25, 0.3) is 0 Å². The molecule has 0 radical (unpaired) electrons. The van der Waals surface area contributed by atoms with E-state index in [1.54, 1.807) is 17.0 Å². The molecule has 0 aliphatic heterocycles. The molecule has 0 saturated heterocycles. The van der Waals surface area contributed by atoms with Gasteiger partial charge in [-0.15, -0.1) is 0 Å². The van der Waals surface area contributed by atoms with Crippen molar-refractivity contribution in [3.63, 3.8) is 0 Å². The highest BCUT2D eigenvalue weighted by Gasteiger charge is 2.10. The van der Waals surface area contributed by atoms with E-state index < -0.39 is 0 Å². The van der Waals surface area contributed by atoms with Crippen LogP contribution < -0.4 is 5.32 Å². The Balaban J connectivity index is 2.30. The van der Waals surface area contributed by atoms with Gasteiger partial charge in [-0.05, 0) is 24.1 Å². The average molecular weight is 308 g/mol. The van der Waals surface area contributed by atoms with Gasteiger partial charge in [-0.1, -0.05) is 31.9 Å². The molecule has 0 bridgehead atoms. The van der Waals surface area contributed by atoms with Crippen molar-refractivity contribution in [1.82, 2.24) is 10.2 Å². The number of amides is 2. The first-order valence-corrected chi connectivity index (χ1v) is 7.79. The number of hydrogen-bond acceptors (Lipinski definition) is 2. The van der Waals surface area contributed by atoms with Crippen molar-refractivity contribution < 1.29 is 14.0 Å². The summed E-state index contributed by atoms with van der Waals surface area (Å²) in [6.07, 6.45) is 3.44. The lowest BCUT2D eigenvalue weighted by molar-refractivity contribution is -0.129. The van der Waals surface area contributed by atoms with E-state index in [-0.39, 0.29) is 24.1 Å². The van der Waals surface area contributed by atoms with Gasteiger partial charge in [0, 0.05) is 33.0 Å². The Morgan fingerprint density at radius 1 is 1.14 bits per heavy atom. The second-order valence-corrected chi connectivity index (χ2v) is 5.37. The molecule has 4 nitrogen and oxygen atoms in total. The zero-order valence-corrected chi connectivity index (χ0v) is 13.4. The van der Waals surface area contributed by atoms with E-state index in [2.05, 4.69) is 12.2 Å². The average Bonchev–Trinajstić information content (AvgIpc) is 2.49. The normalized spacial score (nSPS) is 10.3. The van der Waals surface area contributed by atoms with Gasteiger partial charge < -0.3 is 10.2 Å². The van der Waals surface area contributed by atoms with Crippen LogP contribution in [0.2, 0.25) is 0 Å². The molecule has 0 saturated carbocycles. The maximum Gasteiger partial charge on any atom is 0.222 e. The third-order valence-electron chi connectivity index (χ3n) is 3.49. The molecule has 1 rings (SSSR count). The highest BCUT2D eigenvalue weighted by molar-refractivity contribution is 5.78. The van der Waals surface area contributed by atoms with Crippen molar-refractivity contribution in [2.75, 3.05) is 13.1 Å². The Morgan fingerprint density at radius 3 is 2.41 bits per heavy atom. The van der Waals surface area contributed by atoms with E-state index in [1.165, 1.54) is 19.1 Å². The topological polar surface area (TPSA) is 49.4 Å². The molecule has 5 heteroatoms. The fourth-order valence-electron chi connectivity index (χ4n) is 2.11. The van der Waals surface area contributed by atoms with Gasteiger partial charge in [-0.2, -0.15) is 0 Å². The maximum absolute atomic E-state index is 12.8. The zero-order valence-electron chi connectivity index (χ0n) is 13.4. The van der Waals surface area contributed by atoms with Crippen LogP contribution in [0.15, 0.2) is 24.3 Å². The summed E-state index contributed by atoms with van der Waals surface area (Å²) < 4.78 is 12.8. The predicted molar refractivity (Wildman–Crippen MR) is 84.6 cm³/mol. The number of hydrogen-bond donors (Lipinski definition) is 1. The van der Waals surface area contributed by atoms with Gasteiger partial charge in [0.05, 0.1) is 0 Å². The summed E-state index contributed by atoms with van der Waals surface area (Å²) in [6.45, 7) is 5.15. The minimum atomic E-state index is -0.292. The molecule has 1 aromatic carbocycles. The number of nitrogens with zero attached hydrogens (tertiary/aromatic N) is 1. The summed E-state index contributed by atoms with van der Waals surface area (Å²) in [6, 6.07) is 6.02. The first kappa shape index (κ1) is 18.1. The van der Waals surface area contributed by atoms with E-state index in [9.17, 15) is 14.0 Å². The SMILES string of the molecule is CCCCCN(CCC(=O)NCc1ccc(F)cc1)C(C)=O. The van der Waals surface area contributed by atoms with Crippen molar-refractivity contribution in [2.24, 2.45) is 0 Å². The van der Waals surface area contributed by atoms with Gasteiger partial charge in [0.15, 0.2) is 0 Å². The number of benzene rings is 1. The second-order valence-electron chi connectivity index (χ2n) is 5.37. The van der Waals surface area contributed by atoms with Crippen LogP contribution in [0.4, 0.5) is 4.39 Å². The van der Waals surface area contributed by atoms with Crippen LogP contribution in [0, 0.1) is 5.82 Å². The molecule has 0 unspecified atom stereocenters. The number of carbonyl (C=O) groups excluding carboxylic acids is 2. The standard InChI is InChI=1S/C17H25FN2O2/c1-3-4-5-11-20(14(2)21)12-10-17(22)19-13-15-6-8-16(18)9-7-15/h6-9H,3-5,10-13H2,1-2H3,(H,19,22). The summed E-state index contributed by atoms with van der Waals surface area (Å²) >= 11 is 0. The minimum absolute atomic E-state index is 0.00226. The highest BCUT2D eigenvalue weighted by Crippen LogP contribution is 2.03. The summed E-state index contributed by atoms with van der Waals surface area (Å²) in [5.74, 6) is -0.396. The number of rotatable bonds is 9. The van der Waals surface area contributed by atoms with Gasteiger partial charge in [-0.25, -0.2) is 4.39 Å². The Morgan fingerprint density at radius 2 is 1.82 bits per heavy atom. The molecule has 122 valence electrons. The van der Waals surface area contributed by atoms with Gasteiger partial charge >= 0.3 is 0 Å². The highest BCUT2D eigenvalue weighted by atomic mass is 19.1. The van der Waals surface area contributed by atoms with E-state index in [0.29, 0.717) is 19.6 Å². The first-order chi connectivity index (χ1) is 10.5. The molecule has 1 aromatic rings. The van der Waals surface area contributed by atoms with Crippen LogP contribution in [0.3, 0.4) is 0 Å². The quantitative estimate of drug-likeness (QED) is 0.713. The van der Waals surface area contributed by atoms with Crippen LogP contribution in [-0.2, 0) is 16.1 Å². The molecule has 0 atom stereocenters. The number of unbranched alkanes of at least 4 members (excludes halogenated alkanes) is 2. The van der Waals surface area contributed by atoms with E-state index in [0.717, 1.165) is 24.8 Å². The number of halogens is 1. The lowest BCUT2D eigenvalue weighted by Gasteiger charge is -2.20. The summed E-state index contributed by atoms with van der Waals surface area (Å²) in [5.41, 5.74) is 0.848. The van der Waals surface area contributed by atoms with Crippen molar-refractivity contribution in [3.05, 3.63) is 35.6 Å². The molecule has 0 spiro atoms. The lowest BCUT2D eigenvalue weighted by Crippen LogP contribution is -2.34. The zero-order chi connectivity index (χ0) is 16.4. The maximum atomic E-state index is 12.8. The van der Waals surface area contributed by atoms with Crippen LogP contribution >= 0.6 is 0 Å². The molecule has 2 amide bonds. The fraction of sp³-hybridized carbons (Fsp3) is 0.529. The second kappa shape index (κ2) is 9.92. The predicted octanol–water partition coefficient (Wildman–Crippen LogP) is 2.87.